The van der Waals surface area contributed by atoms with Crippen molar-refractivity contribution in [3.05, 3.63) is 195 Å². The fraction of sp³-hybridized carbons (Fsp3) is 0.468. The van der Waals surface area contributed by atoms with Gasteiger partial charge in [0.2, 0.25) is 11.8 Å². The number of piperidine rings is 2. The zero-order chi connectivity index (χ0) is 70.8. The number of halogens is 7. The van der Waals surface area contributed by atoms with E-state index in [1.54, 1.807) is 23.9 Å². The molecule has 1 N–H and O–H groups in total. The van der Waals surface area contributed by atoms with Crippen LogP contribution in [-0.2, 0) is 66.6 Å². The summed E-state index contributed by atoms with van der Waals surface area (Å²) in [6, 6.07) is 38.0. The Kier molecular flexibility index (Phi) is 23.5. The van der Waals surface area contributed by atoms with E-state index < -0.39 is 64.6 Å². The number of nitrogens with one attached hydrogen (secondary N) is 1. The third kappa shape index (κ3) is 17.9. The first-order valence-electron chi connectivity index (χ1n) is 34.8. The van der Waals surface area contributed by atoms with E-state index >= 15 is 0 Å². The van der Waals surface area contributed by atoms with Crippen molar-refractivity contribution in [1.82, 2.24) is 34.3 Å². The van der Waals surface area contributed by atoms with Crippen LogP contribution in [0.5, 0.6) is 0 Å². The lowest BCUT2D eigenvalue weighted by molar-refractivity contribution is -0.143. The number of anilines is 1. The number of hydrogen-bond donors (Lipinski definition) is 1. The van der Waals surface area contributed by atoms with Crippen LogP contribution in [0, 0.1) is 5.82 Å². The van der Waals surface area contributed by atoms with Crippen molar-refractivity contribution >= 4 is 35.4 Å². The summed E-state index contributed by atoms with van der Waals surface area (Å²) in [5.74, 6) is -1.72. The summed E-state index contributed by atoms with van der Waals surface area (Å²) >= 11 is 0. The van der Waals surface area contributed by atoms with Crippen LogP contribution in [0.25, 0.3) is 11.1 Å². The Morgan fingerprint density at radius 3 is 2.02 bits per heavy atom. The minimum Gasteiger partial charge on any atom is -0.446 e. The molecule has 16 nitrogen and oxygen atoms in total. The molecule has 0 bridgehead atoms. The van der Waals surface area contributed by atoms with E-state index in [2.05, 4.69) is 38.2 Å². The zero-order valence-electron chi connectivity index (χ0n) is 57.1. The number of rotatable bonds is 25. The van der Waals surface area contributed by atoms with Crippen molar-refractivity contribution in [1.29, 1.82) is 0 Å². The van der Waals surface area contributed by atoms with Gasteiger partial charge in [0.1, 0.15) is 30.9 Å². The van der Waals surface area contributed by atoms with E-state index in [-0.39, 0.29) is 55.6 Å². The molecular weight excluding hydrogens is 1300 g/mol. The van der Waals surface area contributed by atoms with Gasteiger partial charge in [0, 0.05) is 109 Å². The second kappa shape index (κ2) is 32.2. The Bertz CT molecular complexity index is 3790. The second-order valence-electron chi connectivity index (χ2n) is 27.5. The molecule has 2 atom stereocenters. The minimum absolute atomic E-state index is 0.0256. The normalized spacial score (nSPS) is 18.9. The number of para-hydroxylation sites is 1. The standard InChI is InChI=1S/C77H89F7N8O8/c1-86(70(94)51-98-68-48-56-17-9-11-19-66(56)74(68)31-40-90(41-32-74)42-33-75(60-24-26-63(78)27-25-60)52-92(53-99-75)72(96)59-46-61(76(79,80)81)49-62(47-59)77(82,83)84)34-14-35-88(3)71(95)57-22-23-58-50-91(37-28-55(58)45-57)36-13-5-8-21-69(93)87(2)43-44-89-38-29-64(30-39-89)100-73(97)85-67-20-12-10-18-65(67)54-15-6-4-7-16-54/h4,6-7,9-12,15-20,22-27,45-47,49,64,68H,5,8,13-14,21,28-44,48,50-53H2,1-3H3,(H,85,97)/t68-,75-/m0/s1. The summed E-state index contributed by atoms with van der Waals surface area (Å²) in [4.78, 5) is 80.5. The molecule has 3 saturated heterocycles. The molecule has 0 unspecified atom stereocenters. The summed E-state index contributed by atoms with van der Waals surface area (Å²) in [7, 11) is 5.39. The average Bonchev–Trinajstić information content (AvgIpc) is 1.56. The molecule has 5 amide bonds. The molecule has 6 aromatic rings. The van der Waals surface area contributed by atoms with Crippen molar-refractivity contribution in [3.63, 3.8) is 0 Å². The van der Waals surface area contributed by atoms with Crippen LogP contribution in [0.15, 0.2) is 140 Å². The molecule has 3 fully saturated rings. The first-order valence-corrected chi connectivity index (χ1v) is 34.8. The van der Waals surface area contributed by atoms with Crippen LogP contribution < -0.4 is 5.32 Å². The molecule has 1 aliphatic carbocycles. The number of likely N-dealkylation sites (tertiary alicyclic amines) is 2. The Morgan fingerprint density at radius 2 is 1.29 bits per heavy atom. The number of benzene rings is 6. The number of carbonyl (C=O) groups is 5. The summed E-state index contributed by atoms with van der Waals surface area (Å²) < 4.78 is 116. The van der Waals surface area contributed by atoms with Gasteiger partial charge < -0.3 is 43.6 Å². The molecule has 4 heterocycles. The second-order valence-corrected chi connectivity index (χ2v) is 27.5. The average molecular weight is 1390 g/mol. The van der Waals surface area contributed by atoms with Crippen LogP contribution in [0.1, 0.15) is 124 Å². The highest BCUT2D eigenvalue weighted by molar-refractivity contribution is 5.95. The molecule has 5 aliphatic rings. The maximum Gasteiger partial charge on any atom is 0.416 e. The lowest BCUT2D eigenvalue weighted by atomic mass is 9.72. The third-order valence-corrected chi connectivity index (χ3v) is 20.9. The predicted molar refractivity (Wildman–Crippen MR) is 366 cm³/mol. The Balaban J connectivity index is 0.571. The van der Waals surface area contributed by atoms with Crippen LogP contribution in [0.3, 0.4) is 0 Å². The third-order valence-electron chi connectivity index (χ3n) is 20.9. The SMILES string of the molecule is CN(CCN1CCC(OC(=O)Nc2ccccc2-c2ccccc2)CC1)C(=O)CCCCCN1CCc2cc(C(=O)N(C)CCCN(C)C(=O)CO[C@H]3Cc4ccccc4C34CCN(CC[C@@]3(c5ccc(F)cc5)CN(C(=O)c5cc(C(F)(F)F)cc(C(F)(F)F)c5)CO3)CC4)ccc2C1. The molecule has 0 aromatic heterocycles. The van der Waals surface area contributed by atoms with Crippen LogP contribution in [-0.4, -0.2) is 189 Å². The molecule has 0 radical (unpaired) electrons. The molecule has 11 rings (SSSR count). The molecule has 23 heteroatoms. The fourth-order valence-electron chi connectivity index (χ4n) is 14.9. The molecular formula is C77H89F7N8O8. The van der Waals surface area contributed by atoms with Gasteiger partial charge in [-0.2, -0.15) is 26.3 Å². The van der Waals surface area contributed by atoms with Gasteiger partial charge in [-0.15, -0.1) is 0 Å². The highest BCUT2D eigenvalue weighted by Crippen LogP contribution is 2.49. The van der Waals surface area contributed by atoms with Gasteiger partial charge in [-0.25, -0.2) is 9.18 Å². The molecule has 6 aromatic carbocycles. The molecule has 100 heavy (non-hydrogen) atoms. The van der Waals surface area contributed by atoms with Gasteiger partial charge in [0.05, 0.1) is 29.5 Å². The van der Waals surface area contributed by atoms with Gasteiger partial charge in [-0.05, 0) is 166 Å². The lowest BCUT2D eigenvalue weighted by Gasteiger charge is -2.44. The maximum atomic E-state index is 14.3. The van der Waals surface area contributed by atoms with Gasteiger partial charge >= 0.3 is 18.4 Å². The van der Waals surface area contributed by atoms with E-state index in [0.717, 1.165) is 99.4 Å². The summed E-state index contributed by atoms with van der Waals surface area (Å²) in [5.41, 5.74) is 2.82. The number of nitrogens with zero attached hydrogens (tertiary/aromatic N) is 7. The highest BCUT2D eigenvalue weighted by atomic mass is 19.4. The van der Waals surface area contributed by atoms with E-state index in [9.17, 15) is 54.7 Å². The zero-order valence-corrected chi connectivity index (χ0v) is 57.1. The van der Waals surface area contributed by atoms with Gasteiger partial charge in [-0.3, -0.25) is 29.4 Å². The van der Waals surface area contributed by atoms with E-state index in [4.69, 9.17) is 14.2 Å². The number of fused-ring (bicyclic) bond motifs is 3. The van der Waals surface area contributed by atoms with Crippen molar-refractivity contribution < 1.29 is 68.9 Å². The Hall–Kier alpha value is -8.22. The first kappa shape index (κ1) is 73.0. The fourth-order valence-corrected chi connectivity index (χ4v) is 14.9. The van der Waals surface area contributed by atoms with Crippen LogP contribution in [0.2, 0.25) is 0 Å². The summed E-state index contributed by atoms with van der Waals surface area (Å²) in [6.45, 7) is 7.35. The number of alkyl halides is 6. The Morgan fingerprint density at radius 1 is 0.620 bits per heavy atom. The number of unbranched alkanes of at least 4 members (excludes halogenated alkanes) is 2. The molecule has 0 saturated carbocycles. The van der Waals surface area contributed by atoms with Crippen molar-refractivity contribution in [2.75, 3.05) is 118 Å². The van der Waals surface area contributed by atoms with Crippen molar-refractivity contribution in [2.45, 2.75) is 119 Å². The first-order chi connectivity index (χ1) is 47.9. The van der Waals surface area contributed by atoms with Crippen LogP contribution >= 0.6 is 0 Å². The number of ether oxygens (including phenoxy) is 3. The van der Waals surface area contributed by atoms with E-state index in [1.165, 1.54) is 41.0 Å². The Labute approximate surface area is 580 Å². The van der Waals surface area contributed by atoms with Gasteiger partial charge in [0.25, 0.3) is 11.8 Å². The number of hydrogen-bond acceptors (Lipinski definition) is 11. The molecule has 4 aliphatic heterocycles. The van der Waals surface area contributed by atoms with E-state index in [0.29, 0.717) is 100 Å². The van der Waals surface area contributed by atoms with E-state index in [1.807, 2.05) is 90.8 Å². The lowest BCUT2D eigenvalue weighted by Crippen LogP contribution is -2.50. The summed E-state index contributed by atoms with van der Waals surface area (Å²) in [5, 5.41) is 2.94. The van der Waals surface area contributed by atoms with Gasteiger partial charge in [-0.1, -0.05) is 97.4 Å². The van der Waals surface area contributed by atoms with Crippen molar-refractivity contribution in [2.24, 2.45) is 0 Å². The topological polar surface area (TPSA) is 148 Å². The number of carbonyl (C=O) groups excluding carboxylic acids is 5. The molecule has 534 valence electrons. The summed E-state index contributed by atoms with van der Waals surface area (Å²) in [6.07, 6.45) is -2.83. The maximum absolute atomic E-state index is 14.3. The quantitative estimate of drug-likeness (QED) is 0.0431. The monoisotopic (exact) mass is 1390 g/mol. The predicted octanol–water partition coefficient (Wildman–Crippen LogP) is 12.9. The van der Waals surface area contributed by atoms with Gasteiger partial charge in [0.15, 0.2) is 0 Å². The van der Waals surface area contributed by atoms with Crippen LogP contribution in [0.4, 0.5) is 41.2 Å². The largest absolute Gasteiger partial charge is 0.446 e. The van der Waals surface area contributed by atoms with Crippen molar-refractivity contribution in [3.8, 4) is 11.1 Å². The molecule has 1 spiro atoms. The number of likely N-dealkylation sites (N-methyl/N-ethyl adjacent to an activating group) is 2. The number of amides is 5. The minimum atomic E-state index is -5.15. The highest BCUT2D eigenvalue weighted by Gasteiger charge is 2.50. The smallest absolute Gasteiger partial charge is 0.416 e.